The highest BCUT2D eigenvalue weighted by molar-refractivity contribution is 6.44. The van der Waals surface area contributed by atoms with Crippen LogP contribution in [0.5, 0.6) is 0 Å². The van der Waals surface area contributed by atoms with Crippen LogP contribution in [0.3, 0.4) is 0 Å². The lowest BCUT2D eigenvalue weighted by atomic mass is 9.93. The normalized spacial score (nSPS) is 13.8. The van der Waals surface area contributed by atoms with Gasteiger partial charge in [0.2, 0.25) is 0 Å². The molecule has 25 heavy (non-hydrogen) atoms. The first-order valence-corrected chi connectivity index (χ1v) is 9.58. The Hall–Kier alpha value is -1.58. The molecule has 1 aliphatic heterocycles. The minimum absolute atomic E-state index is 0.255. The SMILES string of the molecule is CCCCCCCCN1C(=O)c2ccc(Cl)c3c(Cl)ccc(c23)C1=O. The molecule has 2 amide bonds. The second-order valence-electron chi connectivity index (χ2n) is 6.47. The number of carbonyl (C=O) groups excluding carboxylic acids is 2. The molecule has 5 heteroatoms. The van der Waals surface area contributed by atoms with Crippen LogP contribution in [-0.4, -0.2) is 23.3 Å². The summed E-state index contributed by atoms with van der Waals surface area (Å²) in [5.74, 6) is -0.509. The quantitative estimate of drug-likeness (QED) is 0.431. The lowest BCUT2D eigenvalue weighted by Crippen LogP contribution is -2.40. The van der Waals surface area contributed by atoms with E-state index < -0.39 is 0 Å². The van der Waals surface area contributed by atoms with Crippen LogP contribution in [-0.2, 0) is 0 Å². The van der Waals surface area contributed by atoms with E-state index in [1.54, 1.807) is 24.3 Å². The lowest BCUT2D eigenvalue weighted by Gasteiger charge is -2.27. The fraction of sp³-hybridized carbons (Fsp3) is 0.400. The van der Waals surface area contributed by atoms with Gasteiger partial charge >= 0.3 is 0 Å². The minimum atomic E-state index is -0.255. The molecule has 0 atom stereocenters. The van der Waals surface area contributed by atoms with E-state index in [-0.39, 0.29) is 11.8 Å². The summed E-state index contributed by atoms with van der Waals surface area (Å²) in [5.41, 5.74) is 1.00. The number of rotatable bonds is 7. The van der Waals surface area contributed by atoms with Gasteiger partial charge in [0.15, 0.2) is 0 Å². The third-order valence-corrected chi connectivity index (χ3v) is 5.38. The summed E-state index contributed by atoms with van der Waals surface area (Å²) in [5, 5.41) is 2.07. The zero-order valence-corrected chi connectivity index (χ0v) is 15.8. The number of nitrogens with zero attached hydrogens (tertiary/aromatic N) is 1. The van der Waals surface area contributed by atoms with Crippen LogP contribution in [0, 0.1) is 0 Å². The van der Waals surface area contributed by atoms with Crippen molar-refractivity contribution in [3.8, 4) is 0 Å². The second kappa shape index (κ2) is 7.76. The predicted molar refractivity (Wildman–Crippen MR) is 103 cm³/mol. The van der Waals surface area contributed by atoms with Gasteiger partial charge in [0.1, 0.15) is 0 Å². The summed E-state index contributed by atoms with van der Waals surface area (Å²) in [7, 11) is 0. The van der Waals surface area contributed by atoms with Crippen LogP contribution < -0.4 is 0 Å². The van der Waals surface area contributed by atoms with Crippen LogP contribution in [0.4, 0.5) is 0 Å². The molecular formula is C20H21Cl2NO2. The molecule has 0 fully saturated rings. The van der Waals surface area contributed by atoms with Gasteiger partial charge in [0, 0.05) is 38.5 Å². The van der Waals surface area contributed by atoms with Crippen molar-refractivity contribution in [3.05, 3.63) is 45.4 Å². The van der Waals surface area contributed by atoms with Crippen LogP contribution in [0.15, 0.2) is 24.3 Å². The largest absolute Gasteiger partial charge is 0.274 e. The third kappa shape index (κ3) is 3.40. The summed E-state index contributed by atoms with van der Waals surface area (Å²) in [6.45, 7) is 2.64. The van der Waals surface area contributed by atoms with Crippen molar-refractivity contribution >= 4 is 45.8 Å². The van der Waals surface area contributed by atoms with Gasteiger partial charge in [-0.1, -0.05) is 62.2 Å². The van der Waals surface area contributed by atoms with E-state index >= 15 is 0 Å². The Morgan fingerprint density at radius 2 is 1.28 bits per heavy atom. The number of imide groups is 1. The van der Waals surface area contributed by atoms with E-state index in [0.29, 0.717) is 38.5 Å². The molecule has 1 heterocycles. The average Bonchev–Trinajstić information content (AvgIpc) is 2.60. The zero-order valence-electron chi connectivity index (χ0n) is 14.3. The molecule has 1 aliphatic rings. The Kier molecular flexibility index (Phi) is 5.65. The first kappa shape index (κ1) is 18.2. The molecule has 3 rings (SSSR count). The maximum Gasteiger partial charge on any atom is 0.261 e. The number of unbranched alkanes of at least 4 members (excludes halogenated alkanes) is 5. The van der Waals surface area contributed by atoms with Crippen molar-refractivity contribution in [3.63, 3.8) is 0 Å². The predicted octanol–water partition coefficient (Wildman–Crippen LogP) is 6.10. The Morgan fingerprint density at radius 1 is 0.760 bits per heavy atom. The molecule has 0 saturated heterocycles. The number of amides is 2. The molecule has 0 saturated carbocycles. The van der Waals surface area contributed by atoms with Gasteiger partial charge in [-0.3, -0.25) is 14.5 Å². The number of hydrogen-bond donors (Lipinski definition) is 0. The molecule has 0 aromatic heterocycles. The number of carbonyl (C=O) groups is 2. The van der Waals surface area contributed by atoms with Crippen molar-refractivity contribution < 1.29 is 9.59 Å². The smallest absolute Gasteiger partial charge is 0.261 e. The topological polar surface area (TPSA) is 37.4 Å². The maximum atomic E-state index is 12.8. The summed E-state index contributed by atoms with van der Waals surface area (Å²) in [4.78, 5) is 27.0. The van der Waals surface area contributed by atoms with Crippen LogP contribution in [0.2, 0.25) is 10.0 Å². The second-order valence-corrected chi connectivity index (χ2v) is 7.28. The molecule has 3 nitrogen and oxygen atoms in total. The Morgan fingerprint density at radius 3 is 1.84 bits per heavy atom. The lowest BCUT2D eigenvalue weighted by molar-refractivity contribution is 0.0608. The molecule has 0 radical (unpaired) electrons. The summed E-state index contributed by atoms with van der Waals surface area (Å²) in [6, 6.07) is 6.72. The molecule has 0 bridgehead atoms. The van der Waals surface area contributed by atoms with E-state index in [2.05, 4.69) is 6.92 Å². The van der Waals surface area contributed by atoms with Gasteiger partial charge in [-0.05, 0) is 30.7 Å². The highest BCUT2D eigenvalue weighted by Crippen LogP contribution is 2.38. The van der Waals surface area contributed by atoms with Crippen molar-refractivity contribution in [2.75, 3.05) is 6.54 Å². The standard InChI is InChI=1S/C20H21Cl2NO2/c1-2-3-4-5-6-7-12-23-19(24)13-8-10-15(21)18-16(22)11-9-14(17(13)18)20(23)25/h8-11H,2-7,12H2,1H3. The molecule has 132 valence electrons. The number of hydrogen-bond acceptors (Lipinski definition) is 2. The van der Waals surface area contributed by atoms with E-state index in [0.717, 1.165) is 19.3 Å². The average molecular weight is 378 g/mol. The molecule has 2 aromatic rings. The van der Waals surface area contributed by atoms with E-state index in [1.807, 2.05) is 0 Å². The molecule has 0 aliphatic carbocycles. The fourth-order valence-corrected chi connectivity index (χ4v) is 3.97. The van der Waals surface area contributed by atoms with Crippen molar-refractivity contribution in [2.45, 2.75) is 45.4 Å². The highest BCUT2D eigenvalue weighted by atomic mass is 35.5. The van der Waals surface area contributed by atoms with Crippen LogP contribution in [0.25, 0.3) is 10.8 Å². The zero-order chi connectivity index (χ0) is 18.0. The van der Waals surface area contributed by atoms with Gasteiger partial charge in [0.25, 0.3) is 11.8 Å². The van der Waals surface area contributed by atoms with Crippen molar-refractivity contribution in [1.82, 2.24) is 4.90 Å². The van der Waals surface area contributed by atoms with Gasteiger partial charge in [-0.25, -0.2) is 0 Å². The number of halogens is 2. The highest BCUT2D eigenvalue weighted by Gasteiger charge is 2.33. The van der Waals surface area contributed by atoms with E-state index in [4.69, 9.17) is 23.2 Å². The van der Waals surface area contributed by atoms with Gasteiger partial charge in [0.05, 0.1) is 0 Å². The maximum absolute atomic E-state index is 12.8. The fourth-order valence-electron chi connectivity index (χ4n) is 3.41. The first-order chi connectivity index (χ1) is 12.1. The molecule has 0 spiro atoms. The minimum Gasteiger partial charge on any atom is -0.274 e. The van der Waals surface area contributed by atoms with Gasteiger partial charge in [-0.2, -0.15) is 0 Å². The summed E-state index contributed by atoms with van der Waals surface area (Å²) in [6.07, 6.45) is 6.65. The molecule has 2 aromatic carbocycles. The Labute approximate surface area is 157 Å². The monoisotopic (exact) mass is 377 g/mol. The van der Waals surface area contributed by atoms with Crippen molar-refractivity contribution in [1.29, 1.82) is 0 Å². The first-order valence-electron chi connectivity index (χ1n) is 8.83. The molecule has 0 unspecified atom stereocenters. The van der Waals surface area contributed by atoms with Gasteiger partial charge in [-0.15, -0.1) is 0 Å². The summed E-state index contributed by atoms with van der Waals surface area (Å²) >= 11 is 12.5. The Balaban J connectivity index is 1.85. The van der Waals surface area contributed by atoms with Gasteiger partial charge < -0.3 is 0 Å². The molecular weight excluding hydrogens is 357 g/mol. The van der Waals surface area contributed by atoms with Crippen molar-refractivity contribution in [2.24, 2.45) is 0 Å². The number of benzene rings is 2. The third-order valence-electron chi connectivity index (χ3n) is 4.75. The molecule has 0 N–H and O–H groups in total. The summed E-state index contributed by atoms with van der Waals surface area (Å²) < 4.78 is 0. The Bertz CT molecular complexity index is 775. The van der Waals surface area contributed by atoms with E-state index in [9.17, 15) is 9.59 Å². The van der Waals surface area contributed by atoms with E-state index in [1.165, 1.54) is 24.2 Å². The van der Waals surface area contributed by atoms with Crippen LogP contribution in [0.1, 0.15) is 66.2 Å². The van der Waals surface area contributed by atoms with Crippen LogP contribution >= 0.6 is 23.2 Å².